The van der Waals surface area contributed by atoms with Crippen molar-refractivity contribution in [3.63, 3.8) is 0 Å². The van der Waals surface area contributed by atoms with E-state index in [0.717, 1.165) is 25.9 Å². The molecule has 124 valence electrons. The zero-order chi connectivity index (χ0) is 17.1. The van der Waals surface area contributed by atoms with Gasteiger partial charge in [0.15, 0.2) is 4.34 Å². The molecule has 0 saturated carbocycles. The number of carbonyl (C=O) groups is 1. The van der Waals surface area contributed by atoms with Gasteiger partial charge < -0.3 is 10.1 Å². The number of hydrogen-bond donors (Lipinski definition) is 1. The van der Waals surface area contributed by atoms with Gasteiger partial charge in [-0.2, -0.15) is 0 Å². The number of fused-ring (bicyclic) bond motifs is 1. The van der Waals surface area contributed by atoms with Crippen LogP contribution in [0.4, 0.5) is 5.13 Å². The van der Waals surface area contributed by atoms with E-state index in [-0.39, 0.29) is 5.97 Å². The number of benzene rings is 1. The summed E-state index contributed by atoms with van der Waals surface area (Å²) >= 11 is 2.97. The fourth-order valence-electron chi connectivity index (χ4n) is 2.42. The van der Waals surface area contributed by atoms with Crippen molar-refractivity contribution < 1.29 is 9.53 Å². The second-order valence-corrected chi connectivity index (χ2v) is 7.18. The standard InChI is InChI=1S/C16H16N4O2S2/c1-9-10-6-4-5-7-11(10)18-12(13(9)14(21)22-3)8-23-16-20-19-15(17-2)24-16/h4-7H,8H2,1-3H3,(H,17,19). The fourth-order valence-corrected chi connectivity index (χ4v) is 4.06. The van der Waals surface area contributed by atoms with Crippen LogP contribution in [0.3, 0.4) is 0 Å². The van der Waals surface area contributed by atoms with Gasteiger partial charge in [-0.1, -0.05) is 41.3 Å². The van der Waals surface area contributed by atoms with E-state index in [4.69, 9.17) is 4.74 Å². The van der Waals surface area contributed by atoms with Crippen molar-refractivity contribution >= 4 is 45.1 Å². The maximum Gasteiger partial charge on any atom is 0.340 e. The first-order valence-electron chi connectivity index (χ1n) is 7.24. The SMILES string of the molecule is CNc1nnc(SCc2nc3ccccc3c(C)c2C(=O)OC)s1. The molecule has 0 aliphatic rings. The molecule has 0 spiro atoms. The molecule has 24 heavy (non-hydrogen) atoms. The van der Waals surface area contributed by atoms with E-state index < -0.39 is 0 Å². The third-order valence-electron chi connectivity index (χ3n) is 3.57. The average Bonchev–Trinajstić information content (AvgIpc) is 3.07. The minimum atomic E-state index is -0.366. The smallest absolute Gasteiger partial charge is 0.340 e. The number of para-hydroxylation sites is 1. The summed E-state index contributed by atoms with van der Waals surface area (Å²) in [7, 11) is 3.19. The molecule has 6 nitrogen and oxygen atoms in total. The molecule has 0 atom stereocenters. The molecule has 0 fully saturated rings. The van der Waals surface area contributed by atoms with Gasteiger partial charge in [-0.3, -0.25) is 4.98 Å². The molecule has 2 aromatic heterocycles. The summed E-state index contributed by atoms with van der Waals surface area (Å²) < 4.78 is 5.78. The molecule has 0 amide bonds. The molecule has 3 aromatic rings. The van der Waals surface area contributed by atoms with Crippen LogP contribution in [0.1, 0.15) is 21.6 Å². The number of nitrogens with zero attached hydrogens (tertiary/aromatic N) is 3. The van der Waals surface area contributed by atoms with Crippen LogP contribution in [0.2, 0.25) is 0 Å². The number of methoxy groups -OCH3 is 1. The maximum absolute atomic E-state index is 12.3. The van der Waals surface area contributed by atoms with E-state index in [1.165, 1.54) is 30.2 Å². The predicted molar refractivity (Wildman–Crippen MR) is 96.8 cm³/mol. The number of rotatable bonds is 5. The van der Waals surface area contributed by atoms with Crippen LogP contribution in [0.25, 0.3) is 10.9 Å². The quantitative estimate of drug-likeness (QED) is 0.551. The average molecular weight is 360 g/mol. The lowest BCUT2D eigenvalue weighted by atomic mass is 10.0. The predicted octanol–water partition coefficient (Wildman–Crippen LogP) is 3.52. The topological polar surface area (TPSA) is 77.0 Å². The number of aromatic nitrogens is 3. The molecule has 8 heteroatoms. The Bertz CT molecular complexity index is 895. The molecule has 0 radical (unpaired) electrons. The second-order valence-electron chi connectivity index (χ2n) is 4.98. The molecular formula is C16H16N4O2S2. The first-order valence-corrected chi connectivity index (χ1v) is 9.04. The molecule has 0 unspecified atom stereocenters. The van der Waals surface area contributed by atoms with Crippen molar-refractivity contribution in [3.8, 4) is 0 Å². The Morgan fingerprint density at radius 2 is 2.12 bits per heavy atom. The minimum Gasteiger partial charge on any atom is -0.465 e. The number of pyridine rings is 1. The van der Waals surface area contributed by atoms with E-state index in [1.807, 2.05) is 31.2 Å². The van der Waals surface area contributed by atoms with Gasteiger partial charge in [-0.15, -0.1) is 10.2 Å². The van der Waals surface area contributed by atoms with Crippen LogP contribution in [0, 0.1) is 6.92 Å². The van der Waals surface area contributed by atoms with Crippen LogP contribution in [0.5, 0.6) is 0 Å². The Morgan fingerprint density at radius 1 is 1.33 bits per heavy atom. The Morgan fingerprint density at radius 3 is 2.83 bits per heavy atom. The lowest BCUT2D eigenvalue weighted by Crippen LogP contribution is -2.10. The third kappa shape index (κ3) is 3.20. The lowest BCUT2D eigenvalue weighted by molar-refractivity contribution is 0.0598. The highest BCUT2D eigenvalue weighted by Crippen LogP contribution is 2.31. The highest BCUT2D eigenvalue weighted by Gasteiger charge is 2.20. The van der Waals surface area contributed by atoms with Crippen LogP contribution in [-0.4, -0.2) is 35.3 Å². The zero-order valence-electron chi connectivity index (χ0n) is 13.5. The van der Waals surface area contributed by atoms with E-state index >= 15 is 0 Å². The van der Waals surface area contributed by atoms with Crippen molar-refractivity contribution in [2.24, 2.45) is 0 Å². The molecule has 0 bridgehead atoms. The van der Waals surface area contributed by atoms with Crippen molar-refractivity contribution in [1.82, 2.24) is 15.2 Å². The van der Waals surface area contributed by atoms with Crippen LogP contribution >= 0.6 is 23.1 Å². The second kappa shape index (κ2) is 7.14. The van der Waals surface area contributed by atoms with Gasteiger partial charge in [0.05, 0.1) is 23.9 Å². The van der Waals surface area contributed by atoms with Gasteiger partial charge in [0.25, 0.3) is 0 Å². The molecular weight excluding hydrogens is 344 g/mol. The number of aryl methyl sites for hydroxylation is 1. The first kappa shape index (κ1) is 16.7. The van der Waals surface area contributed by atoms with E-state index in [2.05, 4.69) is 20.5 Å². The van der Waals surface area contributed by atoms with Crippen molar-refractivity contribution in [2.75, 3.05) is 19.5 Å². The molecule has 0 aliphatic carbocycles. The third-order valence-corrected chi connectivity index (χ3v) is 5.65. The lowest BCUT2D eigenvalue weighted by Gasteiger charge is -2.12. The van der Waals surface area contributed by atoms with Gasteiger partial charge in [0, 0.05) is 18.2 Å². The van der Waals surface area contributed by atoms with Crippen LogP contribution in [-0.2, 0) is 10.5 Å². The molecule has 1 aromatic carbocycles. The number of esters is 1. The Kier molecular flexibility index (Phi) is 4.96. The monoisotopic (exact) mass is 360 g/mol. The number of nitrogens with one attached hydrogen (secondary N) is 1. The van der Waals surface area contributed by atoms with E-state index in [0.29, 0.717) is 17.0 Å². The van der Waals surface area contributed by atoms with Crippen LogP contribution < -0.4 is 5.32 Å². The summed E-state index contributed by atoms with van der Waals surface area (Å²) in [6.45, 7) is 1.93. The number of thioether (sulfide) groups is 1. The molecule has 0 aliphatic heterocycles. The van der Waals surface area contributed by atoms with Gasteiger partial charge in [-0.25, -0.2) is 4.79 Å². The Balaban J connectivity index is 1.99. The van der Waals surface area contributed by atoms with Gasteiger partial charge in [0.1, 0.15) is 0 Å². The van der Waals surface area contributed by atoms with Crippen LogP contribution in [0.15, 0.2) is 28.6 Å². The number of anilines is 1. The number of ether oxygens (including phenoxy) is 1. The van der Waals surface area contributed by atoms with Gasteiger partial charge >= 0.3 is 5.97 Å². The van der Waals surface area contributed by atoms with E-state index in [1.54, 1.807) is 7.05 Å². The molecule has 3 rings (SSSR count). The summed E-state index contributed by atoms with van der Waals surface area (Å²) in [4.78, 5) is 16.9. The van der Waals surface area contributed by atoms with Crippen molar-refractivity contribution in [3.05, 3.63) is 41.1 Å². The highest BCUT2D eigenvalue weighted by atomic mass is 32.2. The summed E-state index contributed by atoms with van der Waals surface area (Å²) in [5, 5.41) is 12.8. The number of carbonyl (C=O) groups excluding carboxylic acids is 1. The minimum absolute atomic E-state index is 0.366. The summed E-state index contributed by atoms with van der Waals surface area (Å²) in [6.07, 6.45) is 0. The summed E-state index contributed by atoms with van der Waals surface area (Å²) in [6, 6.07) is 7.78. The normalized spacial score (nSPS) is 10.8. The Hall–Kier alpha value is -2.19. The van der Waals surface area contributed by atoms with Gasteiger partial charge in [0.2, 0.25) is 5.13 Å². The number of hydrogen-bond acceptors (Lipinski definition) is 8. The van der Waals surface area contributed by atoms with E-state index in [9.17, 15) is 4.79 Å². The fraction of sp³-hybridized carbons (Fsp3) is 0.250. The Labute approximate surface area is 147 Å². The first-order chi connectivity index (χ1) is 11.6. The molecule has 2 heterocycles. The molecule has 0 saturated heterocycles. The van der Waals surface area contributed by atoms with Crippen molar-refractivity contribution in [2.45, 2.75) is 17.0 Å². The zero-order valence-corrected chi connectivity index (χ0v) is 15.1. The van der Waals surface area contributed by atoms with Gasteiger partial charge in [-0.05, 0) is 18.6 Å². The van der Waals surface area contributed by atoms with Crippen molar-refractivity contribution in [1.29, 1.82) is 0 Å². The summed E-state index contributed by atoms with van der Waals surface area (Å²) in [5.74, 6) is 0.156. The highest BCUT2D eigenvalue weighted by molar-refractivity contribution is 8.00. The largest absolute Gasteiger partial charge is 0.465 e. The molecule has 1 N–H and O–H groups in total. The maximum atomic E-state index is 12.3. The summed E-state index contributed by atoms with van der Waals surface area (Å²) in [5.41, 5.74) is 2.98.